The van der Waals surface area contributed by atoms with Gasteiger partial charge in [0.25, 0.3) is 5.56 Å². The zero-order valence-corrected chi connectivity index (χ0v) is 38.1. The Morgan fingerprint density at radius 3 is 1.46 bits per heavy atom. The molecule has 1 spiro atoms. The summed E-state index contributed by atoms with van der Waals surface area (Å²) in [7, 11) is 0. The molecule has 0 N–H and O–H groups in total. The fourth-order valence-corrected chi connectivity index (χ4v) is 12.8. The summed E-state index contributed by atoms with van der Waals surface area (Å²) < 4.78 is 4.22. The van der Waals surface area contributed by atoms with Gasteiger partial charge in [0.1, 0.15) is 0 Å². The van der Waals surface area contributed by atoms with E-state index in [9.17, 15) is 0 Å². The van der Waals surface area contributed by atoms with Crippen molar-refractivity contribution in [3.8, 4) is 61.8 Å². The molecule has 71 heavy (non-hydrogen) atoms. The standard InChI is InChI=1S/C66H38N4O/c71-64-48-26-8-7-21-43(48)52-34-42(41-31-32-61-50(33-41)47-25-12-16-30-60(47)69(61)65-67-58(39-17-3-1-4-18-39)38-59(68-65)40-19-5-2-6-20-40)35-53-51-36-49-46-24-11-15-29-56(46)66(57(49)37-62(51)70(64)63(52)53)54-27-13-9-22-44(54)45-23-10-14-28-55(45)66/h1-38H. The van der Waals surface area contributed by atoms with Gasteiger partial charge in [-0.1, -0.05) is 176 Å². The Morgan fingerprint density at radius 2 is 0.817 bits per heavy atom. The quantitative estimate of drug-likeness (QED) is 0.165. The molecular weight excluding hydrogens is 865 g/mol. The van der Waals surface area contributed by atoms with E-state index in [2.05, 4.69) is 205 Å². The van der Waals surface area contributed by atoms with Crippen molar-refractivity contribution >= 4 is 59.8 Å². The lowest BCUT2D eigenvalue weighted by Gasteiger charge is -2.30. The highest BCUT2D eigenvalue weighted by molar-refractivity contribution is 6.23. The molecule has 14 aromatic rings. The predicted octanol–water partition coefficient (Wildman–Crippen LogP) is 15.4. The van der Waals surface area contributed by atoms with Crippen LogP contribution in [0.3, 0.4) is 0 Å². The van der Waals surface area contributed by atoms with Crippen LogP contribution in [0.25, 0.3) is 122 Å². The number of benzene rings is 10. The molecule has 328 valence electrons. The van der Waals surface area contributed by atoms with E-state index in [1.807, 2.05) is 34.7 Å². The molecular formula is C66H38N4O. The molecule has 16 rings (SSSR count). The monoisotopic (exact) mass is 902 g/mol. The fourth-order valence-electron chi connectivity index (χ4n) is 12.8. The summed E-state index contributed by atoms with van der Waals surface area (Å²) >= 11 is 0. The van der Waals surface area contributed by atoms with Crippen molar-refractivity contribution in [2.24, 2.45) is 0 Å². The van der Waals surface area contributed by atoms with E-state index in [4.69, 9.17) is 9.97 Å². The van der Waals surface area contributed by atoms with E-state index in [1.165, 1.54) is 44.5 Å². The minimum absolute atomic E-state index is 0.000729. The van der Waals surface area contributed by atoms with Crippen LogP contribution in [0.1, 0.15) is 22.3 Å². The third-order valence-corrected chi connectivity index (χ3v) is 15.7. The second-order valence-electron chi connectivity index (χ2n) is 19.2. The molecule has 2 aliphatic rings. The largest absolute Gasteiger partial charge is 0.278 e. The van der Waals surface area contributed by atoms with Crippen LogP contribution in [0.15, 0.2) is 235 Å². The molecule has 5 nitrogen and oxygen atoms in total. The van der Waals surface area contributed by atoms with Crippen LogP contribution in [0.2, 0.25) is 0 Å². The van der Waals surface area contributed by atoms with Crippen molar-refractivity contribution in [3.63, 3.8) is 0 Å². The Balaban J connectivity index is 0.957. The average molecular weight is 903 g/mol. The first-order valence-electron chi connectivity index (χ1n) is 24.3. The fraction of sp³-hybridized carbons (Fsp3) is 0.0152. The highest BCUT2D eigenvalue weighted by atomic mass is 16.1. The minimum Gasteiger partial charge on any atom is -0.278 e. The molecule has 2 aliphatic carbocycles. The maximum atomic E-state index is 15.1. The van der Waals surface area contributed by atoms with Gasteiger partial charge in [-0.15, -0.1) is 0 Å². The molecule has 4 aromatic heterocycles. The van der Waals surface area contributed by atoms with Gasteiger partial charge in [0.2, 0.25) is 5.95 Å². The second kappa shape index (κ2) is 14.1. The summed E-state index contributed by atoms with van der Waals surface area (Å²) in [6, 6.07) is 82.3. The SMILES string of the molecule is O=c1c2ccccc2c2cc(-c3ccc4c(c3)c3ccccc3n4-c3nc(-c4ccccc4)cc(-c4ccccc4)n3)cc3c4cc5c(cc4n1c23)C1(c2ccccc2-c2ccccc21)c1ccccc1-5. The molecule has 0 bridgehead atoms. The molecule has 0 saturated carbocycles. The number of pyridine rings is 1. The molecule has 0 atom stereocenters. The Hall–Kier alpha value is -9.45. The highest BCUT2D eigenvalue weighted by Gasteiger charge is 2.51. The van der Waals surface area contributed by atoms with Gasteiger partial charge >= 0.3 is 0 Å². The number of hydrogen-bond acceptors (Lipinski definition) is 3. The van der Waals surface area contributed by atoms with E-state index in [0.717, 1.165) is 88.0 Å². The van der Waals surface area contributed by atoms with Gasteiger partial charge in [-0.25, -0.2) is 9.97 Å². The number of aromatic nitrogens is 4. The van der Waals surface area contributed by atoms with Gasteiger partial charge in [0.05, 0.1) is 38.9 Å². The van der Waals surface area contributed by atoms with Gasteiger partial charge in [-0.2, -0.15) is 0 Å². The lowest BCUT2D eigenvalue weighted by Crippen LogP contribution is -2.26. The van der Waals surface area contributed by atoms with Crippen LogP contribution in [-0.4, -0.2) is 18.9 Å². The van der Waals surface area contributed by atoms with Crippen LogP contribution < -0.4 is 5.56 Å². The molecule has 0 amide bonds. The topological polar surface area (TPSA) is 52.2 Å². The summed E-state index contributed by atoms with van der Waals surface area (Å²) in [4.78, 5) is 25.7. The number of nitrogens with zero attached hydrogens (tertiary/aromatic N) is 4. The summed E-state index contributed by atoms with van der Waals surface area (Å²) in [5.74, 6) is 0.615. The molecule has 0 radical (unpaired) electrons. The second-order valence-corrected chi connectivity index (χ2v) is 19.2. The van der Waals surface area contributed by atoms with Crippen molar-refractivity contribution in [1.82, 2.24) is 18.9 Å². The van der Waals surface area contributed by atoms with Gasteiger partial charge < -0.3 is 0 Å². The first kappa shape index (κ1) is 38.5. The van der Waals surface area contributed by atoms with Crippen molar-refractivity contribution in [3.05, 3.63) is 263 Å². The van der Waals surface area contributed by atoms with Crippen LogP contribution in [0.4, 0.5) is 0 Å². The van der Waals surface area contributed by atoms with Crippen LogP contribution in [0.5, 0.6) is 0 Å². The Kier molecular flexibility index (Phi) is 7.63. The molecule has 0 aliphatic heterocycles. The average Bonchev–Trinajstić information content (AvgIpc) is 4.14. The van der Waals surface area contributed by atoms with Gasteiger partial charge in [-0.3, -0.25) is 13.8 Å². The Morgan fingerprint density at radius 1 is 0.324 bits per heavy atom. The van der Waals surface area contributed by atoms with E-state index >= 15 is 4.79 Å². The zero-order valence-electron chi connectivity index (χ0n) is 38.1. The molecule has 10 aromatic carbocycles. The summed E-state index contributed by atoms with van der Waals surface area (Å²) in [5, 5.41) is 7.07. The minimum atomic E-state index is -0.529. The van der Waals surface area contributed by atoms with Crippen molar-refractivity contribution < 1.29 is 0 Å². The number of rotatable bonds is 4. The number of fused-ring (bicyclic) bond motifs is 18. The van der Waals surface area contributed by atoms with Gasteiger partial charge in [-0.05, 0) is 116 Å². The lowest BCUT2D eigenvalue weighted by molar-refractivity contribution is 0.794. The van der Waals surface area contributed by atoms with Crippen LogP contribution >= 0.6 is 0 Å². The van der Waals surface area contributed by atoms with Crippen LogP contribution in [0, 0.1) is 0 Å². The normalized spacial score (nSPS) is 13.2. The number of para-hydroxylation sites is 1. The maximum Gasteiger partial charge on any atom is 0.263 e. The molecule has 0 fully saturated rings. The summed E-state index contributed by atoms with van der Waals surface area (Å²) in [5.41, 5.74) is 19.4. The van der Waals surface area contributed by atoms with E-state index in [0.29, 0.717) is 11.3 Å². The molecule has 0 saturated heterocycles. The third-order valence-electron chi connectivity index (χ3n) is 15.7. The maximum absolute atomic E-state index is 15.1. The summed E-state index contributed by atoms with van der Waals surface area (Å²) in [6.45, 7) is 0. The first-order chi connectivity index (χ1) is 35.1. The highest BCUT2D eigenvalue weighted by Crippen LogP contribution is 2.63. The molecule has 4 heterocycles. The number of hydrogen-bond donors (Lipinski definition) is 0. The van der Waals surface area contributed by atoms with E-state index < -0.39 is 5.41 Å². The smallest absolute Gasteiger partial charge is 0.263 e. The van der Waals surface area contributed by atoms with Crippen molar-refractivity contribution in [2.75, 3.05) is 0 Å². The van der Waals surface area contributed by atoms with Crippen molar-refractivity contribution in [2.45, 2.75) is 5.41 Å². The third kappa shape index (κ3) is 5.06. The van der Waals surface area contributed by atoms with Crippen molar-refractivity contribution in [1.29, 1.82) is 0 Å². The van der Waals surface area contributed by atoms with E-state index in [1.54, 1.807) is 0 Å². The molecule has 0 unspecified atom stereocenters. The predicted molar refractivity (Wildman–Crippen MR) is 290 cm³/mol. The Bertz CT molecular complexity index is 4560. The Labute approximate surface area is 407 Å². The van der Waals surface area contributed by atoms with Gasteiger partial charge in [0.15, 0.2) is 0 Å². The van der Waals surface area contributed by atoms with Crippen LogP contribution in [-0.2, 0) is 5.41 Å². The zero-order chi connectivity index (χ0) is 46.5. The van der Waals surface area contributed by atoms with Gasteiger partial charge in [0, 0.05) is 43.4 Å². The van der Waals surface area contributed by atoms with E-state index in [-0.39, 0.29) is 5.56 Å². The lowest BCUT2D eigenvalue weighted by atomic mass is 9.70. The first-order valence-corrected chi connectivity index (χ1v) is 24.3. The summed E-state index contributed by atoms with van der Waals surface area (Å²) in [6.07, 6.45) is 0. The molecule has 5 heteroatoms.